The lowest BCUT2D eigenvalue weighted by molar-refractivity contribution is 0.209. The van der Waals surface area contributed by atoms with Crippen molar-refractivity contribution in [2.45, 2.75) is 26.8 Å². The van der Waals surface area contributed by atoms with Crippen LogP contribution >= 0.6 is 0 Å². The highest BCUT2D eigenvalue weighted by Crippen LogP contribution is 2.33. The van der Waals surface area contributed by atoms with E-state index in [-0.39, 0.29) is 28.2 Å². The number of nitrogens with two attached hydrogens (primary N) is 1. The number of aromatic nitrogens is 3. The Morgan fingerprint density at radius 2 is 1.67 bits per heavy atom. The van der Waals surface area contributed by atoms with E-state index in [9.17, 15) is 9.18 Å². The van der Waals surface area contributed by atoms with Crippen molar-refractivity contribution in [3.05, 3.63) is 70.3 Å². The molecule has 9 heteroatoms. The molecule has 1 aliphatic heterocycles. The Morgan fingerprint density at radius 1 is 0.972 bits per heavy atom. The van der Waals surface area contributed by atoms with Crippen molar-refractivity contribution in [1.82, 2.24) is 19.9 Å². The van der Waals surface area contributed by atoms with Crippen molar-refractivity contribution in [2.75, 3.05) is 36.8 Å². The number of nitrogens with zero attached hydrogens (tertiary/aromatic N) is 4. The van der Waals surface area contributed by atoms with Gasteiger partial charge in [-0.2, -0.15) is 9.37 Å². The second-order valence-electron chi connectivity index (χ2n) is 9.44. The van der Waals surface area contributed by atoms with E-state index < -0.39 is 17.3 Å². The largest absolute Gasteiger partial charge is 0.382 e. The van der Waals surface area contributed by atoms with E-state index in [1.54, 1.807) is 25.3 Å². The molecule has 0 spiro atoms. The maximum Gasteiger partial charge on any atom is 0.255 e. The molecular weight excluding hydrogens is 462 g/mol. The molecule has 1 saturated heterocycles. The van der Waals surface area contributed by atoms with Gasteiger partial charge in [-0.3, -0.25) is 9.69 Å². The molecule has 0 amide bonds. The number of anilines is 2. The van der Waals surface area contributed by atoms with E-state index in [1.165, 1.54) is 6.07 Å². The van der Waals surface area contributed by atoms with Gasteiger partial charge < -0.3 is 15.6 Å². The van der Waals surface area contributed by atoms with Crippen molar-refractivity contribution in [1.29, 1.82) is 0 Å². The molecule has 0 saturated carbocycles. The first-order valence-electron chi connectivity index (χ1n) is 12.0. The lowest BCUT2D eigenvalue weighted by Gasteiger charge is -2.38. The van der Waals surface area contributed by atoms with Crippen molar-refractivity contribution in [3.8, 4) is 22.5 Å². The molecule has 2 aromatic carbocycles. The Bertz CT molecular complexity index is 1490. The molecule has 2 aromatic heterocycles. The zero-order valence-electron chi connectivity index (χ0n) is 20.5. The summed E-state index contributed by atoms with van der Waals surface area (Å²) in [7, 11) is 0. The number of H-pyrrole nitrogens is 1. The van der Waals surface area contributed by atoms with Crippen molar-refractivity contribution >= 4 is 22.3 Å². The maximum atomic E-state index is 15.1. The SMILES string of the molecule is Cc1c[nH]c(=O)c2cc(F)c(-c3nc(-c4ccc(N5CCN(C(C)C)CC5)cc4)c(F)nc3N)cc12. The lowest BCUT2D eigenvalue weighted by atomic mass is 10.0. The Balaban J connectivity index is 1.50. The van der Waals surface area contributed by atoms with Crippen molar-refractivity contribution < 1.29 is 8.78 Å². The molecule has 3 heterocycles. The van der Waals surface area contributed by atoms with Crippen LogP contribution in [-0.4, -0.2) is 52.1 Å². The predicted molar refractivity (Wildman–Crippen MR) is 139 cm³/mol. The molecule has 4 aromatic rings. The first kappa shape index (κ1) is 23.9. The number of aryl methyl sites for hydroxylation is 1. The highest BCUT2D eigenvalue weighted by molar-refractivity contribution is 5.90. The van der Waals surface area contributed by atoms with Gasteiger partial charge in [-0.25, -0.2) is 9.37 Å². The molecule has 0 aliphatic carbocycles. The van der Waals surface area contributed by atoms with Crippen LogP contribution in [0.5, 0.6) is 0 Å². The van der Waals surface area contributed by atoms with Crippen LogP contribution in [-0.2, 0) is 0 Å². The Hall–Kier alpha value is -3.85. The summed E-state index contributed by atoms with van der Waals surface area (Å²) >= 11 is 0. The maximum absolute atomic E-state index is 15.1. The normalized spacial score (nSPS) is 14.7. The van der Waals surface area contributed by atoms with E-state index in [2.05, 4.69) is 38.6 Å². The highest BCUT2D eigenvalue weighted by atomic mass is 19.1. The molecule has 0 bridgehead atoms. The summed E-state index contributed by atoms with van der Waals surface area (Å²) < 4.78 is 30.0. The molecule has 1 aliphatic rings. The molecule has 3 N–H and O–H groups in total. The van der Waals surface area contributed by atoms with Crippen LogP contribution in [0.25, 0.3) is 33.3 Å². The number of pyridine rings is 1. The number of nitrogens with one attached hydrogen (secondary N) is 1. The summed E-state index contributed by atoms with van der Waals surface area (Å²) in [5.41, 5.74) is 7.96. The number of hydrogen-bond acceptors (Lipinski definition) is 6. The third-order valence-corrected chi connectivity index (χ3v) is 6.88. The number of aromatic amines is 1. The Morgan fingerprint density at radius 3 is 2.33 bits per heavy atom. The number of hydrogen-bond donors (Lipinski definition) is 2. The van der Waals surface area contributed by atoms with E-state index in [0.29, 0.717) is 17.0 Å². The Labute approximate surface area is 207 Å². The quantitative estimate of drug-likeness (QED) is 0.442. The zero-order valence-corrected chi connectivity index (χ0v) is 20.5. The van der Waals surface area contributed by atoms with Crippen LogP contribution in [0.1, 0.15) is 19.4 Å². The number of rotatable bonds is 4. The van der Waals surface area contributed by atoms with Gasteiger partial charge in [0.1, 0.15) is 17.2 Å². The molecule has 0 radical (unpaired) electrons. The third-order valence-electron chi connectivity index (χ3n) is 6.88. The standard InChI is InChI=1S/C27H28F2N6O/c1-15(2)34-8-10-35(11-9-34)18-6-4-17(5-7-18)23-25(29)33-26(30)24(32-23)21-12-19-16(3)14-31-27(36)20(19)13-22(21)28/h4-7,12-15H,8-11H2,1-3H3,(H2,30,33)(H,31,36). The van der Waals surface area contributed by atoms with Crippen LogP contribution in [0.3, 0.4) is 0 Å². The molecule has 36 heavy (non-hydrogen) atoms. The van der Waals surface area contributed by atoms with Gasteiger partial charge in [0.25, 0.3) is 5.56 Å². The molecule has 186 valence electrons. The van der Waals surface area contributed by atoms with Gasteiger partial charge in [0.15, 0.2) is 5.82 Å². The summed E-state index contributed by atoms with van der Waals surface area (Å²) in [4.78, 5) is 27.7. The minimum atomic E-state index is -0.830. The smallest absolute Gasteiger partial charge is 0.255 e. The molecular formula is C27H28F2N6O. The molecule has 7 nitrogen and oxygen atoms in total. The summed E-state index contributed by atoms with van der Waals surface area (Å²) in [6, 6.07) is 10.6. The zero-order chi connectivity index (χ0) is 25.6. The topological polar surface area (TPSA) is 91.1 Å². The fourth-order valence-electron chi connectivity index (χ4n) is 4.73. The van der Waals surface area contributed by atoms with Crippen LogP contribution < -0.4 is 16.2 Å². The Kier molecular flexibility index (Phi) is 6.17. The second kappa shape index (κ2) is 9.31. The fraction of sp³-hybridized carbons (Fsp3) is 0.296. The summed E-state index contributed by atoms with van der Waals surface area (Å²) in [5, 5.41) is 0.777. The van der Waals surface area contributed by atoms with Crippen LogP contribution in [0, 0.1) is 18.7 Å². The van der Waals surface area contributed by atoms with Gasteiger partial charge in [0.2, 0.25) is 5.95 Å². The minimum absolute atomic E-state index is 0.0162. The van der Waals surface area contributed by atoms with Crippen LogP contribution in [0.4, 0.5) is 20.3 Å². The fourth-order valence-corrected chi connectivity index (χ4v) is 4.73. The molecule has 0 unspecified atom stereocenters. The van der Waals surface area contributed by atoms with Crippen LogP contribution in [0.15, 0.2) is 47.4 Å². The van der Waals surface area contributed by atoms with Gasteiger partial charge in [-0.1, -0.05) is 12.1 Å². The van der Waals surface area contributed by atoms with Gasteiger partial charge in [0, 0.05) is 55.2 Å². The molecule has 0 atom stereocenters. The molecule has 5 rings (SSSR count). The second-order valence-corrected chi connectivity index (χ2v) is 9.44. The van der Waals surface area contributed by atoms with Gasteiger partial charge in [0.05, 0.1) is 5.39 Å². The van der Waals surface area contributed by atoms with Gasteiger partial charge in [-0.15, -0.1) is 0 Å². The monoisotopic (exact) mass is 490 g/mol. The van der Waals surface area contributed by atoms with E-state index in [1.807, 2.05) is 12.1 Å². The van der Waals surface area contributed by atoms with Crippen LogP contribution in [0.2, 0.25) is 0 Å². The predicted octanol–water partition coefficient (Wildman–Crippen LogP) is 4.35. The van der Waals surface area contributed by atoms with Crippen molar-refractivity contribution in [3.63, 3.8) is 0 Å². The number of benzene rings is 2. The van der Waals surface area contributed by atoms with E-state index in [4.69, 9.17) is 5.73 Å². The lowest BCUT2D eigenvalue weighted by Crippen LogP contribution is -2.48. The number of halogens is 2. The van der Waals surface area contributed by atoms with Crippen molar-refractivity contribution in [2.24, 2.45) is 0 Å². The minimum Gasteiger partial charge on any atom is -0.382 e. The van der Waals surface area contributed by atoms with Gasteiger partial charge in [-0.05, 0) is 56.0 Å². The number of piperazine rings is 1. The summed E-state index contributed by atoms with van der Waals surface area (Å²) in [5.74, 6) is -1.74. The number of fused-ring (bicyclic) bond motifs is 1. The first-order chi connectivity index (χ1) is 17.2. The number of nitrogen functional groups attached to an aromatic ring is 1. The first-order valence-corrected chi connectivity index (χ1v) is 12.0. The molecule has 1 fully saturated rings. The summed E-state index contributed by atoms with van der Waals surface area (Å²) in [6.07, 6.45) is 1.56. The third kappa shape index (κ3) is 4.30. The highest BCUT2D eigenvalue weighted by Gasteiger charge is 2.21. The van der Waals surface area contributed by atoms with Gasteiger partial charge >= 0.3 is 0 Å². The van der Waals surface area contributed by atoms with E-state index in [0.717, 1.165) is 43.5 Å². The van der Waals surface area contributed by atoms with E-state index >= 15 is 4.39 Å². The summed E-state index contributed by atoms with van der Waals surface area (Å²) in [6.45, 7) is 10.0. The average Bonchev–Trinajstić information content (AvgIpc) is 2.87. The average molecular weight is 491 g/mol.